The predicted octanol–water partition coefficient (Wildman–Crippen LogP) is 3.52. The minimum absolute atomic E-state index is 0.0925. The molecule has 0 bridgehead atoms. The monoisotopic (exact) mass is 503 g/mol. The molecule has 0 spiro atoms. The van der Waals surface area contributed by atoms with Crippen LogP contribution in [-0.4, -0.2) is 42.5 Å². The summed E-state index contributed by atoms with van der Waals surface area (Å²) in [6.45, 7) is -1.01. The molecule has 0 aliphatic heterocycles. The van der Waals surface area contributed by atoms with Gasteiger partial charge in [-0.25, -0.2) is 23.0 Å². The van der Waals surface area contributed by atoms with E-state index >= 15 is 0 Å². The molecule has 0 radical (unpaired) electrons. The normalized spacial score (nSPS) is 11.6. The number of benzene rings is 3. The molecule has 0 aliphatic rings. The minimum Gasteiger partial charge on any atom is -0.478 e. The van der Waals surface area contributed by atoms with Crippen molar-refractivity contribution in [3.8, 4) is 0 Å². The molecule has 3 rings (SSSR count). The van der Waals surface area contributed by atoms with E-state index < -0.39 is 34.3 Å². The first-order valence-electron chi connectivity index (χ1n) is 9.81. The highest BCUT2D eigenvalue weighted by molar-refractivity contribution is 7.89. The van der Waals surface area contributed by atoms with Crippen LogP contribution in [0.4, 0.5) is 4.39 Å². The number of sulfonamides is 1. The van der Waals surface area contributed by atoms with E-state index in [9.17, 15) is 22.4 Å². The Kier molecular flexibility index (Phi) is 8.11. The van der Waals surface area contributed by atoms with Crippen molar-refractivity contribution in [3.63, 3.8) is 0 Å². The Bertz CT molecular complexity index is 1310. The standard InChI is InChI=1S/C23H19ClFN3O5S/c24-19-9-11-20(12-10-19)34(32,33)28(14-18-3-1-2-4-21(18)25)15-22(29)27-26-13-16-5-7-17(8-6-16)23(30)31/h1-13H,14-15H2,(H,27,29)(H,30,31)/b26-13+. The molecule has 0 aromatic heterocycles. The third-order valence-electron chi connectivity index (χ3n) is 4.64. The van der Waals surface area contributed by atoms with Crippen LogP contribution >= 0.6 is 11.6 Å². The Balaban J connectivity index is 1.77. The van der Waals surface area contributed by atoms with Crippen molar-refractivity contribution in [2.45, 2.75) is 11.4 Å². The topological polar surface area (TPSA) is 116 Å². The fraction of sp³-hybridized carbons (Fsp3) is 0.0870. The number of carboxylic acids is 1. The van der Waals surface area contributed by atoms with Crippen molar-refractivity contribution in [1.29, 1.82) is 0 Å². The number of carbonyl (C=O) groups is 2. The lowest BCUT2D eigenvalue weighted by Gasteiger charge is -2.21. The van der Waals surface area contributed by atoms with Gasteiger partial charge in [0.2, 0.25) is 10.0 Å². The summed E-state index contributed by atoms with van der Waals surface area (Å²) < 4.78 is 41.4. The molecule has 3 aromatic rings. The number of hydrazone groups is 1. The number of halogens is 2. The zero-order valence-electron chi connectivity index (χ0n) is 17.6. The number of carbonyl (C=O) groups excluding carboxylic acids is 1. The summed E-state index contributed by atoms with van der Waals surface area (Å²) in [7, 11) is -4.18. The molecule has 0 unspecified atom stereocenters. The van der Waals surface area contributed by atoms with Crippen LogP contribution < -0.4 is 5.43 Å². The first kappa shape index (κ1) is 25.0. The van der Waals surface area contributed by atoms with Crippen LogP contribution in [0.15, 0.2) is 82.8 Å². The second-order valence-corrected chi connectivity index (χ2v) is 9.41. The van der Waals surface area contributed by atoms with Gasteiger partial charge in [0, 0.05) is 17.1 Å². The van der Waals surface area contributed by atoms with E-state index in [-0.39, 0.29) is 22.6 Å². The van der Waals surface area contributed by atoms with Crippen LogP contribution in [0.2, 0.25) is 5.02 Å². The van der Waals surface area contributed by atoms with Crippen molar-refractivity contribution >= 4 is 39.7 Å². The molecule has 0 heterocycles. The number of nitrogens with zero attached hydrogens (tertiary/aromatic N) is 2. The second-order valence-electron chi connectivity index (χ2n) is 7.04. The van der Waals surface area contributed by atoms with E-state index in [0.29, 0.717) is 10.6 Å². The number of nitrogens with one attached hydrogen (secondary N) is 1. The summed E-state index contributed by atoms with van der Waals surface area (Å²) in [5.41, 5.74) is 2.93. The van der Waals surface area contributed by atoms with Crippen LogP contribution in [0.25, 0.3) is 0 Å². The van der Waals surface area contributed by atoms with Crippen LogP contribution in [0, 0.1) is 5.82 Å². The van der Waals surface area contributed by atoms with E-state index in [1.165, 1.54) is 72.9 Å². The lowest BCUT2D eigenvalue weighted by atomic mass is 10.1. The summed E-state index contributed by atoms with van der Waals surface area (Å²) in [6.07, 6.45) is 1.28. The summed E-state index contributed by atoms with van der Waals surface area (Å²) in [5.74, 6) is -2.44. The number of carboxylic acid groups (broad SMARTS) is 1. The first-order valence-corrected chi connectivity index (χ1v) is 11.6. The van der Waals surface area contributed by atoms with Crippen molar-refractivity contribution in [1.82, 2.24) is 9.73 Å². The van der Waals surface area contributed by atoms with Gasteiger partial charge in [-0.3, -0.25) is 4.79 Å². The Hall–Kier alpha value is -3.60. The van der Waals surface area contributed by atoms with Gasteiger partial charge in [0.1, 0.15) is 5.82 Å². The highest BCUT2D eigenvalue weighted by Gasteiger charge is 2.27. The van der Waals surface area contributed by atoms with E-state index in [2.05, 4.69) is 10.5 Å². The third kappa shape index (κ3) is 6.47. The summed E-state index contributed by atoms with van der Waals surface area (Å²) in [4.78, 5) is 23.3. The number of amides is 1. The van der Waals surface area contributed by atoms with E-state index in [1.807, 2.05) is 0 Å². The van der Waals surface area contributed by atoms with Crippen molar-refractivity contribution < 1.29 is 27.5 Å². The quantitative estimate of drug-likeness (QED) is 0.342. The molecule has 0 saturated carbocycles. The number of hydrogen-bond donors (Lipinski definition) is 2. The fourth-order valence-corrected chi connectivity index (χ4v) is 4.38. The maximum atomic E-state index is 14.2. The SMILES string of the molecule is O=C(CN(Cc1ccccc1F)S(=O)(=O)c1ccc(Cl)cc1)N/N=C/c1ccc(C(=O)O)cc1. The van der Waals surface area contributed by atoms with E-state index in [1.54, 1.807) is 6.07 Å². The molecule has 0 fully saturated rings. The van der Waals surface area contributed by atoms with Gasteiger partial charge in [-0.2, -0.15) is 9.41 Å². The maximum Gasteiger partial charge on any atom is 0.335 e. The van der Waals surface area contributed by atoms with Gasteiger partial charge in [-0.15, -0.1) is 0 Å². The van der Waals surface area contributed by atoms with Crippen molar-refractivity contribution in [2.24, 2.45) is 5.10 Å². The summed E-state index contributed by atoms with van der Waals surface area (Å²) in [5, 5.41) is 13.0. The first-order chi connectivity index (χ1) is 16.2. The molecule has 1 amide bonds. The molecule has 0 aliphatic carbocycles. The Morgan fingerprint density at radius 1 is 1.03 bits per heavy atom. The molecule has 3 aromatic carbocycles. The van der Waals surface area contributed by atoms with Gasteiger partial charge < -0.3 is 5.11 Å². The Morgan fingerprint density at radius 2 is 1.68 bits per heavy atom. The van der Waals surface area contributed by atoms with Gasteiger partial charge in [-0.1, -0.05) is 41.9 Å². The number of hydrogen-bond acceptors (Lipinski definition) is 5. The Morgan fingerprint density at radius 3 is 2.29 bits per heavy atom. The van der Waals surface area contributed by atoms with Gasteiger partial charge in [0.25, 0.3) is 5.91 Å². The second kappa shape index (κ2) is 11.0. The van der Waals surface area contributed by atoms with Gasteiger partial charge in [0.05, 0.1) is 23.2 Å². The molecule has 0 atom stereocenters. The maximum absolute atomic E-state index is 14.2. The van der Waals surface area contributed by atoms with Crippen molar-refractivity contribution in [2.75, 3.05) is 6.54 Å². The molecule has 34 heavy (non-hydrogen) atoms. The minimum atomic E-state index is -4.18. The van der Waals surface area contributed by atoms with Crippen molar-refractivity contribution in [3.05, 3.63) is 100 Å². The molecule has 176 valence electrons. The highest BCUT2D eigenvalue weighted by Crippen LogP contribution is 2.21. The summed E-state index contributed by atoms with van der Waals surface area (Å²) >= 11 is 5.84. The number of aromatic carboxylic acids is 1. The smallest absolute Gasteiger partial charge is 0.335 e. The van der Waals surface area contributed by atoms with Crippen LogP contribution in [-0.2, 0) is 21.4 Å². The van der Waals surface area contributed by atoms with Gasteiger partial charge in [0.15, 0.2) is 0 Å². The lowest BCUT2D eigenvalue weighted by molar-refractivity contribution is -0.121. The summed E-state index contributed by atoms with van der Waals surface area (Å²) in [6, 6.07) is 16.8. The van der Waals surface area contributed by atoms with Crippen LogP contribution in [0.5, 0.6) is 0 Å². The van der Waals surface area contributed by atoms with E-state index in [4.69, 9.17) is 16.7 Å². The van der Waals surface area contributed by atoms with Crippen LogP contribution in [0.3, 0.4) is 0 Å². The van der Waals surface area contributed by atoms with Crippen LogP contribution in [0.1, 0.15) is 21.5 Å². The zero-order valence-corrected chi connectivity index (χ0v) is 19.1. The van der Waals surface area contributed by atoms with E-state index in [0.717, 1.165) is 4.31 Å². The molecule has 2 N–H and O–H groups in total. The third-order valence-corrected chi connectivity index (χ3v) is 6.69. The highest BCUT2D eigenvalue weighted by atomic mass is 35.5. The molecular weight excluding hydrogens is 485 g/mol. The largest absolute Gasteiger partial charge is 0.478 e. The average molecular weight is 504 g/mol. The Labute approximate surface area is 200 Å². The zero-order chi connectivity index (χ0) is 24.7. The van der Waals surface area contributed by atoms with Gasteiger partial charge >= 0.3 is 5.97 Å². The fourth-order valence-electron chi connectivity index (χ4n) is 2.88. The van der Waals surface area contributed by atoms with Gasteiger partial charge in [-0.05, 0) is 48.0 Å². The molecular formula is C23H19ClFN3O5S. The molecule has 0 saturated heterocycles. The molecule has 11 heteroatoms. The number of rotatable bonds is 9. The lowest BCUT2D eigenvalue weighted by Crippen LogP contribution is -2.39. The predicted molar refractivity (Wildman–Crippen MR) is 125 cm³/mol. The molecule has 8 nitrogen and oxygen atoms in total. The average Bonchev–Trinajstić information content (AvgIpc) is 2.80.